The lowest BCUT2D eigenvalue weighted by Crippen LogP contribution is -2.28. The number of benzene rings is 1. The molecule has 1 aromatic carbocycles. The minimum Gasteiger partial charge on any atom is -0.497 e. The lowest BCUT2D eigenvalue weighted by Gasteiger charge is -2.02. The van der Waals surface area contributed by atoms with Crippen molar-refractivity contribution in [1.29, 1.82) is 0 Å². The highest BCUT2D eigenvalue weighted by atomic mass is 16.5. The number of rotatable bonds is 6. The Morgan fingerprint density at radius 1 is 1.35 bits per heavy atom. The zero-order valence-electron chi connectivity index (χ0n) is 11.1. The second-order valence-electron chi connectivity index (χ2n) is 3.70. The Balaban J connectivity index is 2.39. The minimum atomic E-state index is -0.600. The van der Waals surface area contributed by atoms with Crippen molar-refractivity contribution in [2.75, 3.05) is 20.3 Å². The molecule has 0 aliphatic heterocycles. The van der Waals surface area contributed by atoms with Gasteiger partial charge in [0.2, 0.25) is 0 Å². The van der Waals surface area contributed by atoms with Gasteiger partial charge in [0.15, 0.2) is 6.61 Å². The molecule has 1 N–H and O–H groups in total. The van der Waals surface area contributed by atoms with Crippen LogP contribution >= 0.6 is 0 Å². The molecular weight excluding hydrogens is 258 g/mol. The van der Waals surface area contributed by atoms with E-state index in [0.717, 1.165) is 11.3 Å². The molecule has 0 bridgehead atoms. The van der Waals surface area contributed by atoms with Gasteiger partial charge >= 0.3 is 5.97 Å². The van der Waals surface area contributed by atoms with E-state index in [9.17, 15) is 9.59 Å². The third kappa shape index (κ3) is 5.74. The number of carbonyl (C=O) groups is 2. The Morgan fingerprint density at radius 2 is 2.05 bits per heavy atom. The maximum atomic E-state index is 11.4. The molecule has 0 unspecified atom stereocenters. The predicted octanol–water partition coefficient (Wildman–Crippen LogP) is 1.00. The van der Waals surface area contributed by atoms with Gasteiger partial charge in [-0.1, -0.05) is 18.1 Å². The second-order valence-corrected chi connectivity index (χ2v) is 3.70. The van der Waals surface area contributed by atoms with Crippen LogP contribution in [0.1, 0.15) is 5.56 Å². The van der Waals surface area contributed by atoms with E-state index < -0.39 is 11.9 Å². The molecule has 1 aromatic rings. The van der Waals surface area contributed by atoms with Crippen LogP contribution in [0.15, 0.2) is 30.3 Å². The molecule has 20 heavy (non-hydrogen) atoms. The molecule has 0 saturated heterocycles. The van der Waals surface area contributed by atoms with Gasteiger partial charge in [0, 0.05) is 6.08 Å². The number of nitrogens with one attached hydrogen (secondary N) is 1. The summed E-state index contributed by atoms with van der Waals surface area (Å²) >= 11 is 0. The van der Waals surface area contributed by atoms with Gasteiger partial charge in [-0.25, -0.2) is 4.79 Å². The fourth-order valence-corrected chi connectivity index (χ4v) is 1.26. The van der Waals surface area contributed by atoms with Gasteiger partial charge in [0.05, 0.1) is 13.7 Å². The van der Waals surface area contributed by atoms with Crippen LogP contribution < -0.4 is 10.1 Å². The van der Waals surface area contributed by atoms with Crippen LogP contribution in [0.5, 0.6) is 5.75 Å². The van der Waals surface area contributed by atoms with Crippen molar-refractivity contribution in [1.82, 2.24) is 5.32 Å². The molecule has 0 heterocycles. The maximum absolute atomic E-state index is 11.4. The van der Waals surface area contributed by atoms with E-state index in [1.165, 1.54) is 6.08 Å². The molecular formula is C15H15NO4. The van der Waals surface area contributed by atoms with Crippen LogP contribution in [0.3, 0.4) is 0 Å². The fourth-order valence-electron chi connectivity index (χ4n) is 1.26. The quantitative estimate of drug-likeness (QED) is 0.477. The number of carbonyl (C=O) groups excluding carboxylic acids is 2. The summed E-state index contributed by atoms with van der Waals surface area (Å²) in [5.74, 6) is 1.94. The third-order valence-electron chi connectivity index (χ3n) is 2.26. The van der Waals surface area contributed by atoms with E-state index in [-0.39, 0.29) is 13.2 Å². The number of hydrogen-bond acceptors (Lipinski definition) is 4. The van der Waals surface area contributed by atoms with E-state index in [2.05, 4.69) is 11.2 Å². The largest absolute Gasteiger partial charge is 0.497 e. The lowest BCUT2D eigenvalue weighted by atomic mass is 10.2. The van der Waals surface area contributed by atoms with Gasteiger partial charge in [-0.05, 0) is 23.8 Å². The Bertz CT molecular complexity index is 526. The second kappa shape index (κ2) is 8.38. The SMILES string of the molecule is C#CCNC(=O)COC(=O)/C=C/c1ccc(OC)cc1. The molecule has 0 aromatic heterocycles. The molecule has 0 aliphatic rings. The highest BCUT2D eigenvalue weighted by Crippen LogP contribution is 2.12. The summed E-state index contributed by atoms with van der Waals surface area (Å²) in [6, 6.07) is 7.14. The summed E-state index contributed by atoms with van der Waals surface area (Å²) in [7, 11) is 1.58. The molecule has 0 aliphatic carbocycles. The summed E-state index contributed by atoms with van der Waals surface area (Å²) in [6.45, 7) is -0.245. The fraction of sp³-hybridized carbons (Fsp3) is 0.200. The van der Waals surface area contributed by atoms with Crippen LogP contribution in [0.2, 0.25) is 0 Å². The number of ether oxygens (including phenoxy) is 2. The average molecular weight is 273 g/mol. The predicted molar refractivity (Wildman–Crippen MR) is 74.8 cm³/mol. The van der Waals surface area contributed by atoms with Gasteiger partial charge in [0.1, 0.15) is 5.75 Å². The van der Waals surface area contributed by atoms with Gasteiger partial charge in [0.25, 0.3) is 5.91 Å². The average Bonchev–Trinajstić information content (AvgIpc) is 2.49. The van der Waals surface area contributed by atoms with Crippen molar-refractivity contribution in [3.63, 3.8) is 0 Å². The number of amides is 1. The van der Waals surface area contributed by atoms with E-state index >= 15 is 0 Å². The highest BCUT2D eigenvalue weighted by Gasteiger charge is 2.03. The molecule has 104 valence electrons. The van der Waals surface area contributed by atoms with Crippen molar-refractivity contribution in [2.45, 2.75) is 0 Å². The van der Waals surface area contributed by atoms with Crippen LogP contribution in [0, 0.1) is 12.3 Å². The molecule has 0 fully saturated rings. The Hall–Kier alpha value is -2.74. The summed E-state index contributed by atoms with van der Waals surface area (Å²) in [5, 5.41) is 2.38. The normalized spacial score (nSPS) is 9.80. The maximum Gasteiger partial charge on any atom is 0.331 e. The van der Waals surface area contributed by atoms with Crippen LogP contribution in [0.4, 0.5) is 0 Å². The molecule has 0 spiro atoms. The summed E-state index contributed by atoms with van der Waals surface area (Å²) in [6.07, 6.45) is 7.80. The zero-order chi connectivity index (χ0) is 14.8. The minimum absolute atomic E-state index is 0.109. The summed E-state index contributed by atoms with van der Waals surface area (Å²) in [4.78, 5) is 22.5. The lowest BCUT2D eigenvalue weighted by molar-refractivity contribution is -0.143. The highest BCUT2D eigenvalue weighted by molar-refractivity contribution is 5.89. The molecule has 0 radical (unpaired) electrons. The molecule has 1 amide bonds. The first-order chi connectivity index (χ1) is 9.65. The van der Waals surface area contributed by atoms with Crippen LogP contribution in [-0.4, -0.2) is 32.1 Å². The monoisotopic (exact) mass is 273 g/mol. The number of terminal acetylenes is 1. The Labute approximate surface area is 117 Å². The van der Waals surface area contributed by atoms with E-state index in [1.54, 1.807) is 37.5 Å². The van der Waals surface area contributed by atoms with E-state index in [0.29, 0.717) is 0 Å². The van der Waals surface area contributed by atoms with Crippen molar-refractivity contribution in [2.24, 2.45) is 0 Å². The standard InChI is InChI=1S/C15H15NO4/c1-3-10-16-14(17)11-20-15(18)9-6-12-4-7-13(19-2)8-5-12/h1,4-9H,10-11H2,2H3,(H,16,17)/b9-6+. The van der Waals surface area contributed by atoms with Crippen molar-refractivity contribution < 1.29 is 19.1 Å². The van der Waals surface area contributed by atoms with Gasteiger partial charge < -0.3 is 14.8 Å². The molecule has 5 heteroatoms. The van der Waals surface area contributed by atoms with Gasteiger partial charge in [-0.15, -0.1) is 6.42 Å². The molecule has 1 rings (SSSR count). The van der Waals surface area contributed by atoms with Gasteiger partial charge in [-0.2, -0.15) is 0 Å². The number of esters is 1. The zero-order valence-corrected chi connectivity index (χ0v) is 11.1. The first-order valence-electron chi connectivity index (χ1n) is 5.84. The van der Waals surface area contributed by atoms with E-state index in [1.807, 2.05) is 0 Å². The van der Waals surface area contributed by atoms with Crippen molar-refractivity contribution in [3.05, 3.63) is 35.9 Å². The summed E-state index contributed by atoms with van der Waals surface area (Å²) in [5.41, 5.74) is 0.819. The van der Waals surface area contributed by atoms with Crippen molar-refractivity contribution >= 4 is 18.0 Å². The van der Waals surface area contributed by atoms with Gasteiger partial charge in [-0.3, -0.25) is 4.79 Å². The third-order valence-corrected chi connectivity index (χ3v) is 2.26. The first-order valence-corrected chi connectivity index (χ1v) is 5.84. The topological polar surface area (TPSA) is 64.6 Å². The van der Waals surface area contributed by atoms with Crippen LogP contribution in [-0.2, 0) is 14.3 Å². The number of methoxy groups -OCH3 is 1. The summed E-state index contributed by atoms with van der Waals surface area (Å²) < 4.78 is 9.75. The van der Waals surface area contributed by atoms with E-state index in [4.69, 9.17) is 15.9 Å². The smallest absolute Gasteiger partial charge is 0.331 e. The first kappa shape index (κ1) is 15.3. The Kier molecular flexibility index (Phi) is 6.42. The Morgan fingerprint density at radius 3 is 2.65 bits per heavy atom. The van der Waals surface area contributed by atoms with Crippen molar-refractivity contribution in [3.8, 4) is 18.1 Å². The number of hydrogen-bond donors (Lipinski definition) is 1. The molecule has 5 nitrogen and oxygen atoms in total. The van der Waals surface area contributed by atoms with Crippen LogP contribution in [0.25, 0.3) is 6.08 Å². The molecule has 0 atom stereocenters. The molecule has 0 saturated carbocycles.